The molecule has 5 heteroatoms. The second-order valence-electron chi connectivity index (χ2n) is 4.98. The lowest BCUT2D eigenvalue weighted by atomic mass is 10.2. The van der Waals surface area contributed by atoms with Gasteiger partial charge in [-0.1, -0.05) is 18.2 Å². The van der Waals surface area contributed by atoms with Crippen LogP contribution < -0.4 is 10.2 Å². The fraction of sp³-hybridized carbons (Fsp3) is 0.562. The highest BCUT2D eigenvalue weighted by molar-refractivity contribution is 5.69. The van der Waals surface area contributed by atoms with E-state index in [2.05, 4.69) is 29.4 Å². The van der Waals surface area contributed by atoms with Crippen molar-refractivity contribution < 1.29 is 14.6 Å². The number of ether oxygens (including phenoxy) is 1. The van der Waals surface area contributed by atoms with Gasteiger partial charge in [0.1, 0.15) is 0 Å². The number of aliphatic hydroxyl groups excluding tert-OH is 1. The van der Waals surface area contributed by atoms with Crippen LogP contribution in [0.5, 0.6) is 0 Å². The van der Waals surface area contributed by atoms with Crippen LogP contribution in [0, 0.1) is 0 Å². The summed E-state index contributed by atoms with van der Waals surface area (Å²) in [5.74, 6) is -0.351. The highest BCUT2D eigenvalue weighted by Crippen LogP contribution is 2.10. The molecule has 0 bridgehead atoms. The quantitative estimate of drug-likeness (QED) is 0.505. The summed E-state index contributed by atoms with van der Waals surface area (Å²) < 4.78 is 4.79. The predicted octanol–water partition coefficient (Wildman–Crippen LogP) is 1.42. The highest BCUT2D eigenvalue weighted by atomic mass is 16.5. The Bertz CT molecular complexity index is 398. The van der Waals surface area contributed by atoms with E-state index in [1.807, 2.05) is 18.2 Å². The van der Waals surface area contributed by atoms with Crippen LogP contribution in [0.3, 0.4) is 0 Å². The maximum atomic E-state index is 11.2. The van der Waals surface area contributed by atoms with Gasteiger partial charge in [0, 0.05) is 25.8 Å². The lowest BCUT2D eigenvalue weighted by Crippen LogP contribution is -2.31. The van der Waals surface area contributed by atoms with E-state index in [0.29, 0.717) is 13.2 Å². The van der Waals surface area contributed by atoms with Crippen LogP contribution >= 0.6 is 0 Å². The van der Waals surface area contributed by atoms with Crippen LogP contribution in [0.15, 0.2) is 30.3 Å². The van der Waals surface area contributed by atoms with Crippen molar-refractivity contribution in [3.63, 3.8) is 0 Å². The van der Waals surface area contributed by atoms with Gasteiger partial charge in [-0.05, 0) is 32.0 Å². The van der Waals surface area contributed by atoms with Crippen molar-refractivity contribution in [2.75, 3.05) is 38.2 Å². The molecule has 1 rings (SSSR count). The highest BCUT2D eigenvalue weighted by Gasteiger charge is 2.10. The molecule has 0 aliphatic rings. The molecule has 21 heavy (non-hydrogen) atoms. The van der Waals surface area contributed by atoms with E-state index in [4.69, 9.17) is 4.74 Å². The van der Waals surface area contributed by atoms with Gasteiger partial charge < -0.3 is 20.1 Å². The van der Waals surface area contributed by atoms with Gasteiger partial charge in [-0.3, -0.25) is 4.79 Å². The Morgan fingerprint density at radius 1 is 1.38 bits per heavy atom. The Kier molecular flexibility index (Phi) is 8.47. The Hall–Kier alpha value is -1.59. The third-order valence-corrected chi connectivity index (χ3v) is 3.13. The molecule has 1 unspecified atom stereocenters. The van der Waals surface area contributed by atoms with Crippen molar-refractivity contribution in [3.05, 3.63) is 30.3 Å². The number of rotatable bonds is 10. The minimum absolute atomic E-state index is 0.0464. The summed E-state index contributed by atoms with van der Waals surface area (Å²) in [6.07, 6.45) is 0.332. The Balaban J connectivity index is 2.08. The summed E-state index contributed by atoms with van der Waals surface area (Å²) in [6, 6.07) is 10.2. The molecule has 0 saturated heterocycles. The topological polar surface area (TPSA) is 61.8 Å². The summed E-state index contributed by atoms with van der Waals surface area (Å²) in [7, 11) is 2.06. The minimum Gasteiger partial charge on any atom is -0.466 e. The Labute approximate surface area is 126 Å². The standard InChI is InChI=1S/C16H26N2O3/c1-3-21-16(20)12-15(19)13-17-10-7-11-18(2)14-8-5-4-6-9-14/h4-6,8-9,15,17,19H,3,7,10-13H2,1-2H3. The zero-order valence-corrected chi connectivity index (χ0v) is 12.9. The number of nitrogens with one attached hydrogen (secondary N) is 1. The van der Waals surface area contributed by atoms with Gasteiger partial charge in [0.25, 0.3) is 0 Å². The summed E-state index contributed by atoms with van der Waals surface area (Å²) in [5.41, 5.74) is 1.19. The molecule has 0 fully saturated rings. The van der Waals surface area contributed by atoms with E-state index in [1.54, 1.807) is 6.92 Å². The van der Waals surface area contributed by atoms with Gasteiger partial charge in [0.2, 0.25) is 0 Å². The summed E-state index contributed by atoms with van der Waals surface area (Å²) in [6.45, 7) is 4.26. The number of esters is 1. The number of benzene rings is 1. The van der Waals surface area contributed by atoms with Crippen LogP contribution in [0.1, 0.15) is 19.8 Å². The molecule has 0 radical (unpaired) electrons. The van der Waals surface area contributed by atoms with Crippen LogP contribution in [0.2, 0.25) is 0 Å². The Morgan fingerprint density at radius 3 is 2.76 bits per heavy atom. The lowest BCUT2D eigenvalue weighted by molar-refractivity contribution is -0.145. The van der Waals surface area contributed by atoms with Crippen molar-refractivity contribution in [1.82, 2.24) is 5.32 Å². The molecule has 0 aromatic heterocycles. The average Bonchev–Trinajstić information content (AvgIpc) is 2.47. The number of anilines is 1. The Morgan fingerprint density at radius 2 is 2.10 bits per heavy atom. The second-order valence-corrected chi connectivity index (χ2v) is 4.98. The van der Waals surface area contributed by atoms with Crippen LogP contribution in [0.25, 0.3) is 0 Å². The fourth-order valence-corrected chi connectivity index (χ4v) is 2.01. The SMILES string of the molecule is CCOC(=O)CC(O)CNCCCN(C)c1ccccc1. The number of hydrogen-bond acceptors (Lipinski definition) is 5. The minimum atomic E-state index is -0.684. The van der Waals surface area contributed by atoms with E-state index in [0.717, 1.165) is 19.5 Å². The largest absolute Gasteiger partial charge is 0.466 e. The van der Waals surface area contributed by atoms with E-state index in [1.165, 1.54) is 5.69 Å². The normalized spacial score (nSPS) is 12.0. The first-order valence-corrected chi connectivity index (χ1v) is 7.44. The summed E-state index contributed by atoms with van der Waals surface area (Å²) >= 11 is 0. The van der Waals surface area contributed by atoms with Crippen molar-refractivity contribution in [3.8, 4) is 0 Å². The van der Waals surface area contributed by atoms with Crippen LogP contribution in [-0.2, 0) is 9.53 Å². The first-order valence-electron chi connectivity index (χ1n) is 7.44. The van der Waals surface area contributed by atoms with E-state index < -0.39 is 6.10 Å². The summed E-state index contributed by atoms with van der Waals surface area (Å²) in [4.78, 5) is 13.4. The first-order chi connectivity index (χ1) is 10.1. The molecule has 0 aliphatic carbocycles. The molecule has 0 spiro atoms. The van der Waals surface area contributed by atoms with Crippen molar-refractivity contribution in [2.24, 2.45) is 0 Å². The predicted molar refractivity (Wildman–Crippen MR) is 84.5 cm³/mol. The lowest BCUT2D eigenvalue weighted by Gasteiger charge is -2.19. The van der Waals surface area contributed by atoms with E-state index in [-0.39, 0.29) is 12.4 Å². The van der Waals surface area contributed by atoms with Crippen molar-refractivity contribution in [1.29, 1.82) is 0 Å². The third-order valence-electron chi connectivity index (χ3n) is 3.13. The molecule has 0 saturated carbocycles. The molecule has 0 amide bonds. The van der Waals surface area contributed by atoms with Gasteiger partial charge in [-0.25, -0.2) is 0 Å². The zero-order chi connectivity index (χ0) is 15.5. The maximum Gasteiger partial charge on any atom is 0.308 e. The number of hydrogen-bond donors (Lipinski definition) is 2. The van der Waals surface area contributed by atoms with Crippen molar-refractivity contribution in [2.45, 2.75) is 25.9 Å². The summed E-state index contributed by atoms with van der Waals surface area (Å²) in [5, 5.41) is 12.8. The van der Waals surface area contributed by atoms with E-state index in [9.17, 15) is 9.90 Å². The monoisotopic (exact) mass is 294 g/mol. The van der Waals surface area contributed by atoms with Crippen molar-refractivity contribution >= 4 is 11.7 Å². The van der Waals surface area contributed by atoms with E-state index >= 15 is 0 Å². The smallest absolute Gasteiger partial charge is 0.308 e. The van der Waals surface area contributed by atoms with Crippen LogP contribution in [0.4, 0.5) is 5.69 Å². The number of aliphatic hydroxyl groups is 1. The molecule has 2 N–H and O–H groups in total. The number of para-hydroxylation sites is 1. The maximum absolute atomic E-state index is 11.2. The molecule has 5 nitrogen and oxygen atoms in total. The molecule has 0 aliphatic heterocycles. The third kappa shape index (κ3) is 7.68. The molecule has 1 aromatic carbocycles. The van der Waals surface area contributed by atoms with Gasteiger partial charge in [-0.2, -0.15) is 0 Å². The molecular weight excluding hydrogens is 268 g/mol. The molecule has 1 atom stereocenters. The molecule has 0 heterocycles. The average molecular weight is 294 g/mol. The molecule has 118 valence electrons. The van der Waals surface area contributed by atoms with Gasteiger partial charge in [0.15, 0.2) is 0 Å². The number of carbonyl (C=O) groups is 1. The van der Waals surface area contributed by atoms with Crippen LogP contribution in [-0.4, -0.2) is 50.5 Å². The molecule has 1 aromatic rings. The molecular formula is C16H26N2O3. The number of carbonyl (C=O) groups excluding carboxylic acids is 1. The van der Waals surface area contributed by atoms with Gasteiger partial charge in [-0.15, -0.1) is 0 Å². The fourth-order valence-electron chi connectivity index (χ4n) is 2.01. The van der Waals surface area contributed by atoms with Gasteiger partial charge >= 0.3 is 5.97 Å². The number of nitrogens with zero attached hydrogens (tertiary/aromatic N) is 1. The first kappa shape index (κ1) is 17.5. The van der Waals surface area contributed by atoms with Gasteiger partial charge in [0.05, 0.1) is 19.1 Å². The second kappa shape index (κ2) is 10.2. The zero-order valence-electron chi connectivity index (χ0n) is 12.9.